The lowest BCUT2D eigenvalue weighted by Crippen LogP contribution is -2.31. The fourth-order valence-electron chi connectivity index (χ4n) is 3.41. The standard InChI is InChI=1S/C20H21N3O/c1-24-15-7-8-18-16(11-15)20(21)17-13-23(10-9-19(17)22-18)12-14-5-3-2-4-6-14/h2-8,11H,9-10,12-13H2,1H3,(H2,21,22). The van der Waals surface area contributed by atoms with Crippen LogP contribution in [0.1, 0.15) is 16.8 Å². The van der Waals surface area contributed by atoms with Gasteiger partial charge in [-0.05, 0) is 23.8 Å². The average molecular weight is 319 g/mol. The van der Waals surface area contributed by atoms with E-state index in [9.17, 15) is 0 Å². The van der Waals surface area contributed by atoms with Crippen LogP contribution in [-0.2, 0) is 19.5 Å². The van der Waals surface area contributed by atoms with Gasteiger partial charge in [0.05, 0.1) is 12.6 Å². The minimum atomic E-state index is 0.813. The van der Waals surface area contributed by atoms with Crippen molar-refractivity contribution in [2.45, 2.75) is 19.5 Å². The summed E-state index contributed by atoms with van der Waals surface area (Å²) in [6.07, 6.45) is 0.939. The molecular weight excluding hydrogens is 298 g/mol. The maximum absolute atomic E-state index is 6.50. The fraction of sp³-hybridized carbons (Fsp3) is 0.250. The molecule has 1 aliphatic rings. The van der Waals surface area contributed by atoms with E-state index < -0.39 is 0 Å². The Morgan fingerprint density at radius 1 is 1.17 bits per heavy atom. The van der Waals surface area contributed by atoms with Gasteiger partial charge in [-0.1, -0.05) is 30.3 Å². The van der Waals surface area contributed by atoms with Crippen molar-refractivity contribution in [1.29, 1.82) is 0 Å². The number of pyridine rings is 1. The molecule has 0 amide bonds. The quantitative estimate of drug-likeness (QED) is 0.804. The Labute approximate surface area is 141 Å². The molecule has 0 unspecified atom stereocenters. The highest BCUT2D eigenvalue weighted by Crippen LogP contribution is 2.32. The number of nitrogen functional groups attached to an aromatic ring is 1. The second-order valence-corrected chi connectivity index (χ2v) is 6.28. The van der Waals surface area contributed by atoms with Gasteiger partial charge in [0.2, 0.25) is 0 Å². The third-order valence-corrected chi connectivity index (χ3v) is 4.72. The maximum atomic E-state index is 6.50. The molecule has 0 aliphatic carbocycles. The fourth-order valence-corrected chi connectivity index (χ4v) is 3.41. The molecular formula is C20H21N3O. The smallest absolute Gasteiger partial charge is 0.119 e. The molecule has 24 heavy (non-hydrogen) atoms. The zero-order valence-electron chi connectivity index (χ0n) is 13.8. The lowest BCUT2D eigenvalue weighted by Gasteiger charge is -2.29. The molecule has 0 bridgehead atoms. The van der Waals surface area contributed by atoms with Crippen molar-refractivity contribution >= 4 is 16.6 Å². The van der Waals surface area contributed by atoms with Gasteiger partial charge in [-0.3, -0.25) is 9.88 Å². The third-order valence-electron chi connectivity index (χ3n) is 4.72. The van der Waals surface area contributed by atoms with Gasteiger partial charge in [0.25, 0.3) is 0 Å². The summed E-state index contributed by atoms with van der Waals surface area (Å²) >= 11 is 0. The predicted molar refractivity (Wildman–Crippen MR) is 97.0 cm³/mol. The summed E-state index contributed by atoms with van der Waals surface area (Å²) in [6, 6.07) is 16.5. The van der Waals surface area contributed by atoms with Crippen LogP contribution in [0.3, 0.4) is 0 Å². The van der Waals surface area contributed by atoms with Crippen molar-refractivity contribution in [1.82, 2.24) is 9.88 Å². The molecule has 4 heteroatoms. The van der Waals surface area contributed by atoms with Crippen LogP contribution in [0.15, 0.2) is 48.5 Å². The van der Waals surface area contributed by atoms with Crippen LogP contribution in [-0.4, -0.2) is 23.5 Å². The Bertz CT molecular complexity index is 877. The Hall–Kier alpha value is -2.59. The number of hydrogen-bond donors (Lipinski definition) is 1. The average Bonchev–Trinajstić information content (AvgIpc) is 2.63. The van der Waals surface area contributed by atoms with Gasteiger partial charge < -0.3 is 10.5 Å². The second kappa shape index (κ2) is 6.13. The number of fused-ring (bicyclic) bond motifs is 2. The molecule has 1 aromatic heterocycles. The first-order valence-corrected chi connectivity index (χ1v) is 8.26. The highest BCUT2D eigenvalue weighted by atomic mass is 16.5. The molecule has 4 nitrogen and oxygen atoms in total. The first-order valence-electron chi connectivity index (χ1n) is 8.26. The van der Waals surface area contributed by atoms with Crippen molar-refractivity contribution in [3.05, 3.63) is 65.4 Å². The van der Waals surface area contributed by atoms with E-state index in [1.54, 1.807) is 7.11 Å². The Morgan fingerprint density at radius 3 is 2.79 bits per heavy atom. The number of hydrogen-bond acceptors (Lipinski definition) is 4. The number of anilines is 1. The van der Waals surface area contributed by atoms with Gasteiger partial charge in [0.1, 0.15) is 5.75 Å². The van der Waals surface area contributed by atoms with Gasteiger partial charge in [0, 0.05) is 48.4 Å². The number of nitrogens with zero attached hydrogens (tertiary/aromatic N) is 2. The number of aromatic nitrogens is 1. The third kappa shape index (κ3) is 2.69. The van der Waals surface area contributed by atoms with Crippen LogP contribution >= 0.6 is 0 Å². The summed E-state index contributed by atoms with van der Waals surface area (Å²) in [6.45, 7) is 2.79. The largest absolute Gasteiger partial charge is 0.497 e. The van der Waals surface area contributed by atoms with Crippen LogP contribution in [0.2, 0.25) is 0 Å². The molecule has 0 saturated heterocycles. The first kappa shape index (κ1) is 15.0. The van der Waals surface area contributed by atoms with E-state index in [2.05, 4.69) is 35.2 Å². The summed E-state index contributed by atoms with van der Waals surface area (Å²) in [5.41, 5.74) is 11.9. The normalized spacial score (nSPS) is 14.5. The van der Waals surface area contributed by atoms with Gasteiger partial charge in [0.15, 0.2) is 0 Å². The van der Waals surface area contributed by atoms with Gasteiger partial charge in [-0.25, -0.2) is 0 Å². The van der Waals surface area contributed by atoms with Gasteiger partial charge >= 0.3 is 0 Å². The summed E-state index contributed by atoms with van der Waals surface area (Å²) < 4.78 is 5.33. The number of ether oxygens (including phenoxy) is 1. The van der Waals surface area contributed by atoms with Crippen LogP contribution in [0.5, 0.6) is 5.75 Å². The highest BCUT2D eigenvalue weighted by Gasteiger charge is 2.21. The van der Waals surface area contributed by atoms with E-state index in [4.69, 9.17) is 15.5 Å². The van der Waals surface area contributed by atoms with E-state index in [-0.39, 0.29) is 0 Å². The molecule has 122 valence electrons. The van der Waals surface area contributed by atoms with E-state index in [0.717, 1.165) is 59.7 Å². The summed E-state index contributed by atoms with van der Waals surface area (Å²) in [5, 5.41) is 0.981. The molecule has 0 radical (unpaired) electrons. The Kier molecular flexibility index (Phi) is 3.82. The minimum Gasteiger partial charge on any atom is -0.497 e. The van der Waals surface area contributed by atoms with Crippen molar-refractivity contribution in [3.8, 4) is 5.75 Å². The molecule has 0 saturated carbocycles. The molecule has 2 heterocycles. The topological polar surface area (TPSA) is 51.4 Å². The second-order valence-electron chi connectivity index (χ2n) is 6.28. The van der Waals surface area contributed by atoms with Gasteiger partial charge in [-0.2, -0.15) is 0 Å². The zero-order chi connectivity index (χ0) is 16.5. The van der Waals surface area contributed by atoms with Crippen LogP contribution in [0.25, 0.3) is 10.9 Å². The first-order chi connectivity index (χ1) is 11.7. The maximum Gasteiger partial charge on any atom is 0.119 e. The number of rotatable bonds is 3. The van der Waals surface area contributed by atoms with Crippen LogP contribution in [0.4, 0.5) is 5.69 Å². The highest BCUT2D eigenvalue weighted by molar-refractivity contribution is 5.93. The van der Waals surface area contributed by atoms with Gasteiger partial charge in [-0.15, -0.1) is 0 Å². The Balaban J connectivity index is 1.68. The molecule has 2 aromatic carbocycles. The molecule has 0 fully saturated rings. The zero-order valence-corrected chi connectivity index (χ0v) is 13.8. The molecule has 2 N–H and O–H groups in total. The molecule has 3 aromatic rings. The van der Waals surface area contributed by atoms with Crippen LogP contribution < -0.4 is 10.5 Å². The molecule has 0 atom stereocenters. The van der Waals surface area contributed by atoms with E-state index in [0.29, 0.717) is 0 Å². The number of nitrogens with two attached hydrogens (primary N) is 1. The number of methoxy groups -OCH3 is 1. The lowest BCUT2D eigenvalue weighted by atomic mass is 9.99. The molecule has 4 rings (SSSR count). The van der Waals surface area contributed by atoms with Crippen molar-refractivity contribution in [2.75, 3.05) is 19.4 Å². The van der Waals surface area contributed by atoms with E-state index in [1.165, 1.54) is 5.56 Å². The SMILES string of the molecule is COc1ccc2nc3c(c(N)c2c1)CN(Cc1ccccc1)CC3. The van der Waals surface area contributed by atoms with E-state index in [1.807, 2.05) is 18.2 Å². The van der Waals surface area contributed by atoms with Crippen molar-refractivity contribution < 1.29 is 4.74 Å². The van der Waals surface area contributed by atoms with Crippen molar-refractivity contribution in [2.24, 2.45) is 0 Å². The molecule has 1 aliphatic heterocycles. The van der Waals surface area contributed by atoms with E-state index >= 15 is 0 Å². The monoisotopic (exact) mass is 319 g/mol. The Morgan fingerprint density at radius 2 is 2.00 bits per heavy atom. The summed E-state index contributed by atoms with van der Waals surface area (Å²) in [5.74, 6) is 0.813. The lowest BCUT2D eigenvalue weighted by molar-refractivity contribution is 0.244. The predicted octanol–water partition coefficient (Wildman–Crippen LogP) is 3.38. The number of benzene rings is 2. The van der Waals surface area contributed by atoms with Crippen LogP contribution in [0, 0.1) is 0 Å². The van der Waals surface area contributed by atoms with Crippen molar-refractivity contribution in [3.63, 3.8) is 0 Å². The summed E-state index contributed by atoms with van der Waals surface area (Å²) in [7, 11) is 1.67. The summed E-state index contributed by atoms with van der Waals surface area (Å²) in [4.78, 5) is 7.26. The molecule has 0 spiro atoms. The minimum absolute atomic E-state index is 0.813.